The van der Waals surface area contributed by atoms with Crippen LogP contribution in [0.5, 0.6) is 0 Å². The predicted molar refractivity (Wildman–Crippen MR) is 277 cm³/mol. The molecule has 8 aromatic rings. The molecule has 0 saturated heterocycles. The average molecular weight is 849 g/mol. The highest BCUT2D eigenvalue weighted by molar-refractivity contribution is 6.18. The van der Waals surface area contributed by atoms with Gasteiger partial charge in [0.15, 0.2) is 0 Å². The van der Waals surface area contributed by atoms with E-state index in [9.17, 15) is 0 Å². The molecule has 0 spiro atoms. The molecular weight excluding hydrogens is 801 g/mol. The van der Waals surface area contributed by atoms with Crippen molar-refractivity contribution in [1.29, 1.82) is 0 Å². The highest BCUT2D eigenvalue weighted by atomic mass is 15.0. The smallest absolute Gasteiger partial charge is 0.0946 e. The van der Waals surface area contributed by atoms with Gasteiger partial charge in [0.1, 0.15) is 0 Å². The summed E-state index contributed by atoms with van der Waals surface area (Å²) in [6.45, 7) is 4.00. The average Bonchev–Trinajstić information content (AvgIpc) is 3.46. The van der Waals surface area contributed by atoms with Crippen molar-refractivity contribution in [2.45, 2.75) is 45.1 Å². The number of allylic oxidation sites excluding steroid dienone is 8. The summed E-state index contributed by atoms with van der Waals surface area (Å²) in [5, 5.41) is 10.2. The van der Waals surface area contributed by atoms with Crippen molar-refractivity contribution >= 4 is 67.6 Å². The number of anilines is 1. The molecular formula is C62H48N4. The van der Waals surface area contributed by atoms with E-state index in [2.05, 4.69) is 168 Å². The van der Waals surface area contributed by atoms with Gasteiger partial charge >= 0.3 is 0 Å². The van der Waals surface area contributed by atoms with Gasteiger partial charge in [0.05, 0.1) is 22.9 Å². The fraction of sp³-hybridized carbons (Fsp3) is 0.129. The fourth-order valence-electron chi connectivity index (χ4n) is 11.7. The minimum atomic E-state index is 0.0408. The highest BCUT2D eigenvalue weighted by Gasteiger charge is 2.36. The number of nitrogen functional groups attached to an aromatic ring is 1. The maximum absolute atomic E-state index is 6.54. The molecule has 4 nitrogen and oxygen atoms in total. The summed E-state index contributed by atoms with van der Waals surface area (Å²) in [6, 6.07) is 40.9. The van der Waals surface area contributed by atoms with Crippen molar-refractivity contribution in [2.75, 3.05) is 5.73 Å². The van der Waals surface area contributed by atoms with Crippen molar-refractivity contribution in [3.63, 3.8) is 0 Å². The summed E-state index contributed by atoms with van der Waals surface area (Å²) >= 11 is 0. The fourth-order valence-corrected chi connectivity index (χ4v) is 11.7. The lowest BCUT2D eigenvalue weighted by Gasteiger charge is -2.31. The van der Waals surface area contributed by atoms with E-state index in [0.29, 0.717) is 11.8 Å². The van der Waals surface area contributed by atoms with Gasteiger partial charge in [-0.1, -0.05) is 147 Å². The second-order valence-corrected chi connectivity index (χ2v) is 18.3. The van der Waals surface area contributed by atoms with Crippen molar-refractivity contribution < 1.29 is 0 Å². The van der Waals surface area contributed by atoms with Crippen LogP contribution in [-0.2, 0) is 12.8 Å². The Balaban J connectivity index is 0.00000215. The quantitative estimate of drug-likeness (QED) is 0.173. The minimum Gasteiger partial charge on any atom is -0.396 e. The summed E-state index contributed by atoms with van der Waals surface area (Å²) in [6.07, 6.45) is 29.6. The number of pyridine rings is 2. The molecule has 14 rings (SSSR count). The Morgan fingerprint density at radius 3 is 2.61 bits per heavy atom. The van der Waals surface area contributed by atoms with Crippen molar-refractivity contribution in [1.82, 2.24) is 15.3 Å². The Labute approximate surface area is 385 Å². The molecule has 3 N–H and O–H groups in total. The van der Waals surface area contributed by atoms with Gasteiger partial charge in [-0.3, -0.25) is 9.97 Å². The summed E-state index contributed by atoms with van der Waals surface area (Å²) < 4.78 is 0. The third-order valence-corrected chi connectivity index (χ3v) is 14.8. The van der Waals surface area contributed by atoms with E-state index in [1.54, 1.807) is 6.20 Å². The normalized spacial score (nSPS) is 18.9. The first-order chi connectivity index (χ1) is 32.6. The van der Waals surface area contributed by atoms with Crippen LogP contribution in [0.1, 0.15) is 82.4 Å². The van der Waals surface area contributed by atoms with E-state index < -0.39 is 0 Å². The largest absolute Gasteiger partial charge is 0.396 e. The molecule has 2 bridgehead atoms. The monoisotopic (exact) mass is 848 g/mol. The number of hydrogen-bond acceptors (Lipinski definition) is 4. The lowest BCUT2D eigenvalue weighted by Crippen LogP contribution is -2.26. The predicted octanol–water partition coefficient (Wildman–Crippen LogP) is 14.8. The first-order valence-corrected chi connectivity index (χ1v) is 23.6. The molecule has 6 aromatic carbocycles. The molecule has 4 heteroatoms. The molecule has 6 aliphatic rings. The molecule has 3 heterocycles. The molecule has 316 valence electrons. The molecule has 66 heavy (non-hydrogen) atoms. The third kappa shape index (κ3) is 5.98. The summed E-state index contributed by atoms with van der Waals surface area (Å²) in [4.78, 5) is 9.31. The Morgan fingerprint density at radius 1 is 0.742 bits per heavy atom. The van der Waals surface area contributed by atoms with Gasteiger partial charge in [-0.15, -0.1) is 0 Å². The number of nitrogens with two attached hydrogens (primary N) is 1. The standard InChI is InChI=1S/C60H42N4.C2H6/c61-57-35(16-17-36-10-4-24-62-58(36)57)7-1-6-34-14-15-39-29-49-44(28-43(39)26-34)27-40-8-2-9-41-30-48(40)53(49)33-52-47-13-3-12-46-51-31-42(20-22-45(51)54(56(46)47)32-50(41)52)55-23-21-38-19-18-37-11-5-25-63-59(37)60(38)64-55;1-2/h1-5,7-26,28-29,31-33,41,48,60,64H,6,27,30,61H2;1-2H3/b7-1-;. The Morgan fingerprint density at radius 2 is 1.65 bits per heavy atom. The van der Waals surface area contributed by atoms with Crippen molar-refractivity contribution in [3.8, 4) is 22.3 Å². The van der Waals surface area contributed by atoms with Crippen molar-refractivity contribution in [2.24, 2.45) is 5.92 Å². The number of benzene rings is 6. The lowest BCUT2D eigenvalue weighted by atomic mass is 9.73. The zero-order valence-corrected chi connectivity index (χ0v) is 37.1. The first-order valence-electron chi connectivity index (χ1n) is 23.6. The van der Waals surface area contributed by atoms with Crippen molar-refractivity contribution in [3.05, 3.63) is 225 Å². The van der Waals surface area contributed by atoms with Gasteiger partial charge in [-0.2, -0.15) is 0 Å². The van der Waals surface area contributed by atoms with E-state index in [4.69, 9.17) is 10.7 Å². The van der Waals surface area contributed by atoms with Gasteiger partial charge in [-0.25, -0.2) is 0 Å². The molecule has 0 saturated carbocycles. The Kier molecular flexibility index (Phi) is 8.86. The molecule has 2 aromatic heterocycles. The molecule has 0 radical (unpaired) electrons. The van der Waals surface area contributed by atoms with Crippen LogP contribution in [0.25, 0.3) is 84.2 Å². The van der Waals surface area contributed by atoms with Crippen LogP contribution < -0.4 is 11.1 Å². The second-order valence-electron chi connectivity index (χ2n) is 18.3. The first kappa shape index (κ1) is 38.6. The van der Waals surface area contributed by atoms with E-state index in [1.807, 2.05) is 32.2 Å². The van der Waals surface area contributed by atoms with Gasteiger partial charge in [0.2, 0.25) is 0 Å². The van der Waals surface area contributed by atoms with Crippen LogP contribution in [0.3, 0.4) is 0 Å². The molecule has 5 aliphatic carbocycles. The van der Waals surface area contributed by atoms with Gasteiger partial charge < -0.3 is 11.1 Å². The van der Waals surface area contributed by atoms with Gasteiger partial charge in [-0.05, 0) is 161 Å². The number of fused-ring (bicyclic) bond motifs is 14. The van der Waals surface area contributed by atoms with Crippen LogP contribution in [0.4, 0.5) is 5.69 Å². The topological polar surface area (TPSA) is 63.8 Å². The number of nitrogens with zero attached hydrogens (tertiary/aromatic N) is 2. The molecule has 3 atom stereocenters. The number of rotatable bonds is 4. The number of dihydropyridines is 1. The van der Waals surface area contributed by atoms with Crippen LogP contribution in [0.2, 0.25) is 0 Å². The number of nitrogens with one attached hydrogen (secondary N) is 1. The van der Waals surface area contributed by atoms with E-state index in [-0.39, 0.29) is 6.04 Å². The second kappa shape index (κ2) is 15.1. The van der Waals surface area contributed by atoms with Crippen LogP contribution >= 0.6 is 0 Å². The lowest BCUT2D eigenvalue weighted by molar-refractivity contribution is 0.627. The van der Waals surface area contributed by atoms with E-state index >= 15 is 0 Å². The summed E-state index contributed by atoms with van der Waals surface area (Å²) in [5.74, 6) is 0.708. The molecule has 0 amide bonds. The molecule has 0 fully saturated rings. The maximum Gasteiger partial charge on any atom is 0.0946 e. The van der Waals surface area contributed by atoms with Gasteiger partial charge in [0, 0.05) is 35.3 Å². The van der Waals surface area contributed by atoms with E-state index in [1.165, 1.54) is 99.5 Å². The molecule has 1 aliphatic heterocycles. The van der Waals surface area contributed by atoms with E-state index in [0.717, 1.165) is 52.8 Å². The Bertz CT molecular complexity index is 3650. The third-order valence-electron chi connectivity index (χ3n) is 14.8. The van der Waals surface area contributed by atoms with Crippen LogP contribution in [0, 0.1) is 5.92 Å². The highest BCUT2D eigenvalue weighted by Crippen LogP contribution is 2.55. The van der Waals surface area contributed by atoms with Crippen LogP contribution in [0.15, 0.2) is 175 Å². The molecule has 3 unspecified atom stereocenters. The minimum absolute atomic E-state index is 0.0408. The number of hydrogen-bond donors (Lipinski definition) is 2. The van der Waals surface area contributed by atoms with Crippen LogP contribution in [-0.4, -0.2) is 9.97 Å². The summed E-state index contributed by atoms with van der Waals surface area (Å²) in [5.41, 5.74) is 30.2. The Hall–Kier alpha value is -7.82. The van der Waals surface area contributed by atoms with Gasteiger partial charge in [0.25, 0.3) is 0 Å². The maximum atomic E-state index is 6.54. The zero-order valence-electron chi connectivity index (χ0n) is 37.1. The zero-order chi connectivity index (χ0) is 44.0. The SMILES string of the molecule is CC.Nc1c(/C=C\Cc2ccc3cc4c(cc3c2)CC2=CC=CC3CC2C4=Cc2c3cc3c4c(cccc24)-c2cc(C4=CC=C5C=Cc6cccnc6C5N4)ccc2-3)ccc2cccnc12. The summed E-state index contributed by atoms with van der Waals surface area (Å²) in [7, 11) is 0. The number of aromatic nitrogens is 2.